The molecule has 3 rings (SSSR count). The maximum Gasteiger partial charge on any atom is 0.454 e. The summed E-state index contributed by atoms with van der Waals surface area (Å²) in [6.07, 6.45) is -3.94. The van der Waals surface area contributed by atoms with Crippen LogP contribution in [0.15, 0.2) is 91.1 Å². The molecule has 0 fully saturated rings. The lowest BCUT2D eigenvalue weighted by atomic mass is 10.2. The van der Waals surface area contributed by atoms with Gasteiger partial charge in [0.1, 0.15) is 11.5 Å². The molecule has 0 unspecified atom stereocenters. The Bertz CT molecular complexity index is 1230. The minimum atomic E-state index is -5.00. The third kappa shape index (κ3) is 7.74. The largest absolute Gasteiger partial charge is 0.457 e. The molecule has 0 aliphatic rings. The number of carbonyl (C=O) groups is 3. The molecule has 0 spiro atoms. The smallest absolute Gasteiger partial charge is 0.454 e. The molecule has 0 saturated carbocycles. The second-order valence-corrected chi connectivity index (χ2v) is 6.95. The molecule has 0 aromatic heterocycles. The van der Waals surface area contributed by atoms with Crippen LogP contribution in [0.4, 0.5) is 24.5 Å². The van der Waals surface area contributed by atoms with E-state index in [0.717, 1.165) is 6.20 Å². The minimum absolute atomic E-state index is 0.0392. The van der Waals surface area contributed by atoms with Crippen LogP contribution in [-0.4, -0.2) is 30.4 Å². The molecule has 3 aromatic carbocycles. The lowest BCUT2D eigenvalue weighted by molar-refractivity contribution is -0.165. The molecule has 0 atom stereocenters. The van der Waals surface area contributed by atoms with E-state index >= 15 is 0 Å². The van der Waals surface area contributed by atoms with Crippen LogP contribution in [0.3, 0.4) is 0 Å². The number of amides is 1. The lowest BCUT2D eigenvalue weighted by Gasteiger charge is -2.11. The Morgan fingerprint density at radius 3 is 2.29 bits per heavy atom. The van der Waals surface area contributed by atoms with Crippen molar-refractivity contribution < 1.29 is 37.0 Å². The van der Waals surface area contributed by atoms with Crippen molar-refractivity contribution in [3.05, 3.63) is 96.7 Å². The number of hydrogen-bond acceptors (Lipinski definition) is 6. The van der Waals surface area contributed by atoms with Crippen molar-refractivity contribution in [1.82, 2.24) is 0 Å². The van der Waals surface area contributed by atoms with Crippen molar-refractivity contribution in [2.24, 2.45) is 0 Å². The fourth-order valence-electron chi connectivity index (χ4n) is 2.76. The summed E-state index contributed by atoms with van der Waals surface area (Å²) in [6.45, 7) is -0.612. The molecule has 0 saturated heterocycles. The number of hydrogen-bond donors (Lipinski definition) is 2. The van der Waals surface area contributed by atoms with Gasteiger partial charge in [0.2, 0.25) is 0 Å². The molecule has 180 valence electrons. The van der Waals surface area contributed by atoms with E-state index in [0.29, 0.717) is 23.3 Å². The van der Waals surface area contributed by atoms with Crippen LogP contribution in [0.2, 0.25) is 0 Å². The van der Waals surface area contributed by atoms with E-state index in [2.05, 4.69) is 10.6 Å². The standard InChI is InChI=1S/C25H19F3N2O5/c26-25(27,28)22(31)13-14-29-21-12-5-4-11-20(21)24(33)34-16-23(32)30-17-7-6-10-19(15-17)35-18-8-2-1-3-9-18/h1-15,29H,16H2,(H,30,32). The van der Waals surface area contributed by atoms with Crippen molar-refractivity contribution in [1.29, 1.82) is 0 Å². The normalized spacial score (nSPS) is 11.1. The van der Waals surface area contributed by atoms with Crippen LogP contribution in [0.5, 0.6) is 11.5 Å². The summed E-state index contributed by atoms with van der Waals surface area (Å²) in [6, 6.07) is 21.5. The van der Waals surface area contributed by atoms with Crippen LogP contribution >= 0.6 is 0 Å². The van der Waals surface area contributed by atoms with Gasteiger partial charge in [-0.1, -0.05) is 36.4 Å². The van der Waals surface area contributed by atoms with Crippen molar-refractivity contribution in [3.8, 4) is 11.5 Å². The molecule has 1 amide bonds. The molecule has 0 radical (unpaired) electrons. The quantitative estimate of drug-likeness (QED) is 0.315. The Labute approximate surface area is 198 Å². The van der Waals surface area contributed by atoms with Crippen molar-refractivity contribution in [2.75, 3.05) is 17.2 Å². The van der Waals surface area contributed by atoms with Crippen LogP contribution in [-0.2, 0) is 14.3 Å². The molecular weight excluding hydrogens is 465 g/mol. The number of alkyl halides is 3. The number of para-hydroxylation sites is 2. The molecule has 35 heavy (non-hydrogen) atoms. The van der Waals surface area contributed by atoms with Gasteiger partial charge in [-0.05, 0) is 36.4 Å². The highest BCUT2D eigenvalue weighted by Crippen LogP contribution is 2.24. The second-order valence-electron chi connectivity index (χ2n) is 6.95. The van der Waals surface area contributed by atoms with Crippen LogP contribution in [0.1, 0.15) is 10.4 Å². The monoisotopic (exact) mass is 484 g/mol. The summed E-state index contributed by atoms with van der Waals surface area (Å²) in [7, 11) is 0. The third-order valence-corrected chi connectivity index (χ3v) is 4.33. The predicted molar refractivity (Wildman–Crippen MR) is 122 cm³/mol. The van der Waals surface area contributed by atoms with Gasteiger partial charge in [0.05, 0.1) is 11.3 Å². The van der Waals surface area contributed by atoms with Gasteiger partial charge in [-0.15, -0.1) is 0 Å². The molecule has 10 heteroatoms. The van der Waals surface area contributed by atoms with Gasteiger partial charge in [0.15, 0.2) is 6.61 Å². The maximum absolute atomic E-state index is 12.4. The fourth-order valence-corrected chi connectivity index (χ4v) is 2.76. The van der Waals surface area contributed by atoms with Crippen LogP contribution in [0, 0.1) is 0 Å². The summed E-state index contributed by atoms with van der Waals surface area (Å²) < 4.78 is 47.6. The minimum Gasteiger partial charge on any atom is -0.457 e. The number of anilines is 2. The number of halogens is 3. The molecular formula is C25H19F3N2O5. The van der Waals surface area contributed by atoms with E-state index in [1.807, 2.05) is 18.2 Å². The first-order valence-corrected chi connectivity index (χ1v) is 10.2. The summed E-state index contributed by atoms with van der Waals surface area (Å²) in [5.41, 5.74) is 0.471. The van der Waals surface area contributed by atoms with E-state index in [1.54, 1.807) is 36.4 Å². The van der Waals surface area contributed by atoms with Gasteiger partial charge in [-0.2, -0.15) is 13.2 Å². The highest BCUT2D eigenvalue weighted by atomic mass is 19.4. The Morgan fingerprint density at radius 1 is 0.857 bits per heavy atom. The first kappa shape index (κ1) is 25.0. The first-order valence-electron chi connectivity index (χ1n) is 10.2. The molecule has 0 aliphatic heterocycles. The molecule has 2 N–H and O–H groups in total. The highest BCUT2D eigenvalue weighted by Gasteiger charge is 2.36. The molecule has 7 nitrogen and oxygen atoms in total. The summed E-state index contributed by atoms with van der Waals surface area (Å²) in [5.74, 6) is -2.45. The van der Waals surface area contributed by atoms with Gasteiger partial charge in [0.25, 0.3) is 11.7 Å². The van der Waals surface area contributed by atoms with Crippen molar-refractivity contribution in [2.45, 2.75) is 6.18 Å². The van der Waals surface area contributed by atoms with E-state index < -0.39 is 30.4 Å². The lowest BCUT2D eigenvalue weighted by Crippen LogP contribution is -2.21. The molecule has 3 aromatic rings. The Kier molecular flexibility index (Phi) is 8.23. The molecule has 0 aliphatic carbocycles. The Morgan fingerprint density at radius 2 is 1.54 bits per heavy atom. The van der Waals surface area contributed by atoms with Gasteiger partial charge in [-0.25, -0.2) is 4.79 Å². The van der Waals surface area contributed by atoms with E-state index in [-0.39, 0.29) is 11.3 Å². The zero-order valence-electron chi connectivity index (χ0n) is 18.0. The zero-order chi connectivity index (χ0) is 25.3. The fraction of sp³-hybridized carbons (Fsp3) is 0.0800. The van der Waals surface area contributed by atoms with E-state index in [4.69, 9.17) is 9.47 Å². The third-order valence-electron chi connectivity index (χ3n) is 4.33. The van der Waals surface area contributed by atoms with Crippen LogP contribution < -0.4 is 15.4 Å². The van der Waals surface area contributed by atoms with Gasteiger partial charge < -0.3 is 20.1 Å². The number of esters is 1. The van der Waals surface area contributed by atoms with Gasteiger partial charge in [0, 0.05) is 24.0 Å². The van der Waals surface area contributed by atoms with Crippen LogP contribution in [0.25, 0.3) is 0 Å². The van der Waals surface area contributed by atoms with E-state index in [9.17, 15) is 27.6 Å². The SMILES string of the molecule is O=C(COC(=O)c1ccccc1NC=CC(=O)C(F)(F)F)Nc1cccc(Oc2ccccc2)c1. The average molecular weight is 484 g/mol. The zero-order valence-corrected chi connectivity index (χ0v) is 18.0. The summed E-state index contributed by atoms with van der Waals surface area (Å²) in [4.78, 5) is 35.6. The molecule has 0 heterocycles. The molecule has 0 bridgehead atoms. The van der Waals surface area contributed by atoms with Crippen molar-refractivity contribution >= 4 is 29.0 Å². The average Bonchev–Trinajstić information content (AvgIpc) is 2.83. The maximum atomic E-state index is 12.4. The predicted octanol–water partition coefficient (Wildman–Crippen LogP) is 5.33. The Hall–Kier alpha value is -4.60. The number of benzene rings is 3. The Balaban J connectivity index is 1.55. The second kappa shape index (κ2) is 11.5. The number of allylic oxidation sites excluding steroid dienone is 1. The van der Waals surface area contributed by atoms with Crippen molar-refractivity contribution in [3.63, 3.8) is 0 Å². The number of nitrogens with one attached hydrogen (secondary N) is 2. The number of ketones is 1. The summed E-state index contributed by atoms with van der Waals surface area (Å²) >= 11 is 0. The number of ether oxygens (including phenoxy) is 2. The topological polar surface area (TPSA) is 93.7 Å². The van der Waals surface area contributed by atoms with E-state index in [1.165, 1.54) is 24.3 Å². The van der Waals surface area contributed by atoms with Gasteiger partial charge in [-0.3, -0.25) is 9.59 Å². The highest BCUT2D eigenvalue weighted by molar-refractivity contribution is 5.99. The number of rotatable bonds is 9. The number of carbonyl (C=O) groups excluding carboxylic acids is 3. The first-order chi connectivity index (χ1) is 16.7. The van der Waals surface area contributed by atoms with Gasteiger partial charge >= 0.3 is 12.1 Å². The summed E-state index contributed by atoms with van der Waals surface area (Å²) in [5, 5.41) is 5.02.